The molecule has 5 nitrogen and oxygen atoms in total. The zero-order valence-electron chi connectivity index (χ0n) is 16.3. The Morgan fingerprint density at radius 1 is 1.27 bits per heavy atom. The van der Waals surface area contributed by atoms with E-state index in [1.807, 2.05) is 70.1 Å². The molecule has 0 spiro atoms. The maximum atomic E-state index is 12.5. The standard InChI is InChI=1S/C21H29N3O2/c1-15(2)16-9-7-10-17(13-16)21(3,4)23-20(25)22-14-18(24(5)6)19-11-8-12-26-19/h7-13,18H,1,14H2,2-6H3,(H2,22,23,25). The fourth-order valence-corrected chi connectivity index (χ4v) is 2.78. The molecule has 1 atom stereocenters. The van der Waals surface area contributed by atoms with Gasteiger partial charge < -0.3 is 15.1 Å². The zero-order valence-corrected chi connectivity index (χ0v) is 16.3. The van der Waals surface area contributed by atoms with Crippen LogP contribution in [0.4, 0.5) is 4.79 Å². The first-order chi connectivity index (χ1) is 12.2. The minimum Gasteiger partial charge on any atom is -0.468 e. The molecule has 0 saturated heterocycles. The molecular weight excluding hydrogens is 326 g/mol. The predicted molar refractivity (Wildman–Crippen MR) is 106 cm³/mol. The minimum atomic E-state index is -0.506. The van der Waals surface area contributed by atoms with Crippen molar-refractivity contribution >= 4 is 11.6 Å². The molecule has 1 heterocycles. The number of carbonyl (C=O) groups excluding carboxylic acids is 1. The number of benzene rings is 1. The van der Waals surface area contributed by atoms with Crippen LogP contribution in [0.3, 0.4) is 0 Å². The van der Waals surface area contributed by atoms with Crippen molar-refractivity contribution in [3.63, 3.8) is 0 Å². The molecule has 2 aromatic rings. The average molecular weight is 355 g/mol. The maximum absolute atomic E-state index is 12.5. The molecule has 0 aliphatic heterocycles. The van der Waals surface area contributed by atoms with Crippen LogP contribution in [0.5, 0.6) is 0 Å². The molecule has 2 amide bonds. The number of furan rings is 1. The first kappa shape index (κ1) is 19.8. The Kier molecular flexibility index (Phi) is 6.27. The smallest absolute Gasteiger partial charge is 0.315 e. The molecule has 0 aliphatic rings. The molecular formula is C21H29N3O2. The quantitative estimate of drug-likeness (QED) is 0.784. The Hall–Kier alpha value is -2.53. The van der Waals surface area contributed by atoms with Crippen LogP contribution in [0.1, 0.15) is 43.7 Å². The largest absolute Gasteiger partial charge is 0.468 e. The molecule has 0 bridgehead atoms. The van der Waals surface area contributed by atoms with Gasteiger partial charge in [0.05, 0.1) is 17.8 Å². The van der Waals surface area contributed by atoms with Crippen molar-refractivity contribution in [3.8, 4) is 0 Å². The molecule has 2 N–H and O–H groups in total. The van der Waals surface area contributed by atoms with Crippen LogP contribution in [0.2, 0.25) is 0 Å². The molecule has 0 saturated carbocycles. The van der Waals surface area contributed by atoms with E-state index in [1.54, 1.807) is 6.26 Å². The van der Waals surface area contributed by atoms with E-state index < -0.39 is 5.54 Å². The molecule has 26 heavy (non-hydrogen) atoms. The van der Waals surface area contributed by atoms with E-state index in [0.717, 1.165) is 22.5 Å². The lowest BCUT2D eigenvalue weighted by Gasteiger charge is -2.29. The summed E-state index contributed by atoms with van der Waals surface area (Å²) >= 11 is 0. The molecule has 1 aromatic heterocycles. The predicted octanol–water partition coefficient (Wildman–Crippen LogP) is 4.15. The van der Waals surface area contributed by atoms with Gasteiger partial charge in [0, 0.05) is 6.54 Å². The molecule has 1 aromatic carbocycles. The second-order valence-electron chi connectivity index (χ2n) is 7.32. The van der Waals surface area contributed by atoms with Gasteiger partial charge in [-0.15, -0.1) is 0 Å². The first-order valence-corrected chi connectivity index (χ1v) is 8.73. The average Bonchev–Trinajstić information content (AvgIpc) is 3.08. The topological polar surface area (TPSA) is 57.5 Å². The van der Waals surface area contributed by atoms with Crippen LogP contribution >= 0.6 is 0 Å². The number of allylic oxidation sites excluding steroid dienone is 1. The van der Waals surface area contributed by atoms with Crippen LogP contribution in [-0.2, 0) is 5.54 Å². The molecule has 2 rings (SSSR count). The van der Waals surface area contributed by atoms with Crippen LogP contribution in [0.15, 0.2) is 53.7 Å². The monoisotopic (exact) mass is 355 g/mol. The van der Waals surface area contributed by atoms with Gasteiger partial charge in [0.15, 0.2) is 0 Å². The number of nitrogens with one attached hydrogen (secondary N) is 2. The summed E-state index contributed by atoms with van der Waals surface area (Å²) in [6.45, 7) is 10.4. The lowest BCUT2D eigenvalue weighted by atomic mass is 9.92. The highest BCUT2D eigenvalue weighted by atomic mass is 16.3. The van der Waals surface area contributed by atoms with Crippen molar-refractivity contribution in [3.05, 3.63) is 66.1 Å². The maximum Gasteiger partial charge on any atom is 0.315 e. The Balaban J connectivity index is 2.01. The summed E-state index contributed by atoms with van der Waals surface area (Å²) in [6, 6.07) is 11.6. The summed E-state index contributed by atoms with van der Waals surface area (Å²) in [5.74, 6) is 0.823. The van der Waals surface area contributed by atoms with E-state index in [4.69, 9.17) is 4.42 Å². The van der Waals surface area contributed by atoms with Crippen LogP contribution in [0.25, 0.3) is 5.57 Å². The molecule has 140 valence electrons. The van der Waals surface area contributed by atoms with Gasteiger partial charge in [0.25, 0.3) is 0 Å². The molecule has 0 fully saturated rings. The van der Waals surface area contributed by atoms with Gasteiger partial charge in [-0.25, -0.2) is 4.79 Å². The number of carbonyl (C=O) groups is 1. The van der Waals surface area contributed by atoms with E-state index >= 15 is 0 Å². The SMILES string of the molecule is C=C(C)c1cccc(C(C)(C)NC(=O)NCC(c2ccco2)N(C)C)c1. The Bertz CT molecular complexity index is 748. The van der Waals surface area contributed by atoms with Gasteiger partial charge in [-0.1, -0.05) is 30.4 Å². The second kappa shape index (κ2) is 8.23. The molecule has 0 radical (unpaired) electrons. The van der Waals surface area contributed by atoms with Gasteiger partial charge in [-0.3, -0.25) is 4.90 Å². The number of hydrogen-bond acceptors (Lipinski definition) is 3. The van der Waals surface area contributed by atoms with E-state index in [0.29, 0.717) is 6.54 Å². The summed E-state index contributed by atoms with van der Waals surface area (Å²) in [5, 5.41) is 6.00. The Morgan fingerprint density at radius 3 is 2.58 bits per heavy atom. The van der Waals surface area contributed by atoms with Crippen molar-refractivity contribution in [1.29, 1.82) is 0 Å². The number of urea groups is 1. The van der Waals surface area contributed by atoms with Gasteiger partial charge >= 0.3 is 6.03 Å². The fraction of sp³-hybridized carbons (Fsp3) is 0.381. The van der Waals surface area contributed by atoms with Crippen molar-refractivity contribution in [1.82, 2.24) is 15.5 Å². The van der Waals surface area contributed by atoms with Gasteiger partial charge in [-0.05, 0) is 64.2 Å². The third-order valence-corrected chi connectivity index (χ3v) is 4.45. The lowest BCUT2D eigenvalue weighted by Crippen LogP contribution is -2.48. The normalized spacial score (nSPS) is 12.7. The highest BCUT2D eigenvalue weighted by Crippen LogP contribution is 2.23. The number of amides is 2. The molecule has 1 unspecified atom stereocenters. The van der Waals surface area contributed by atoms with Gasteiger partial charge in [0.2, 0.25) is 0 Å². The summed E-state index contributed by atoms with van der Waals surface area (Å²) in [4.78, 5) is 14.5. The highest BCUT2D eigenvalue weighted by molar-refractivity contribution is 5.75. The van der Waals surface area contributed by atoms with Gasteiger partial charge in [-0.2, -0.15) is 0 Å². The third kappa shape index (κ3) is 4.99. The first-order valence-electron chi connectivity index (χ1n) is 8.73. The van der Waals surface area contributed by atoms with Crippen molar-refractivity contribution in [2.45, 2.75) is 32.4 Å². The lowest BCUT2D eigenvalue weighted by molar-refractivity contribution is 0.217. The second-order valence-corrected chi connectivity index (χ2v) is 7.32. The third-order valence-electron chi connectivity index (χ3n) is 4.45. The Morgan fingerprint density at radius 2 is 2.00 bits per heavy atom. The van der Waals surface area contributed by atoms with E-state index in [9.17, 15) is 4.79 Å². The van der Waals surface area contributed by atoms with Crippen LogP contribution in [-0.4, -0.2) is 31.6 Å². The van der Waals surface area contributed by atoms with Crippen molar-refractivity contribution < 1.29 is 9.21 Å². The summed E-state index contributed by atoms with van der Waals surface area (Å²) < 4.78 is 5.47. The van der Waals surface area contributed by atoms with E-state index in [2.05, 4.69) is 23.3 Å². The van der Waals surface area contributed by atoms with Crippen LogP contribution in [0, 0.1) is 0 Å². The number of rotatable bonds is 7. The summed E-state index contributed by atoms with van der Waals surface area (Å²) in [7, 11) is 3.92. The highest BCUT2D eigenvalue weighted by Gasteiger charge is 2.24. The van der Waals surface area contributed by atoms with E-state index in [-0.39, 0.29) is 12.1 Å². The number of hydrogen-bond donors (Lipinski definition) is 2. The molecule has 5 heteroatoms. The fourth-order valence-electron chi connectivity index (χ4n) is 2.78. The Labute approximate surface area is 156 Å². The van der Waals surface area contributed by atoms with Crippen LogP contribution < -0.4 is 10.6 Å². The zero-order chi connectivity index (χ0) is 19.3. The molecule has 0 aliphatic carbocycles. The summed E-state index contributed by atoms with van der Waals surface area (Å²) in [5.41, 5.74) is 2.60. The van der Waals surface area contributed by atoms with Crippen molar-refractivity contribution in [2.75, 3.05) is 20.6 Å². The van der Waals surface area contributed by atoms with Crippen molar-refractivity contribution in [2.24, 2.45) is 0 Å². The number of nitrogens with zero attached hydrogens (tertiary/aromatic N) is 1. The number of likely N-dealkylation sites (N-methyl/N-ethyl adjacent to an activating group) is 1. The summed E-state index contributed by atoms with van der Waals surface area (Å²) in [6.07, 6.45) is 1.64. The minimum absolute atomic E-state index is 0.0226. The van der Waals surface area contributed by atoms with Gasteiger partial charge in [0.1, 0.15) is 5.76 Å². The van der Waals surface area contributed by atoms with E-state index in [1.165, 1.54) is 0 Å².